The van der Waals surface area contributed by atoms with Gasteiger partial charge in [0.15, 0.2) is 0 Å². The van der Waals surface area contributed by atoms with Gasteiger partial charge in [0.05, 0.1) is 37.1 Å². The highest BCUT2D eigenvalue weighted by Gasteiger charge is 2.25. The van der Waals surface area contributed by atoms with Crippen molar-refractivity contribution in [2.45, 2.75) is 6.18 Å². The summed E-state index contributed by atoms with van der Waals surface area (Å²) in [5.41, 5.74) is 5.07. The zero-order chi connectivity index (χ0) is 21.7. The van der Waals surface area contributed by atoms with Gasteiger partial charge in [-0.25, -0.2) is 4.98 Å². The molecule has 0 amide bonds. The van der Waals surface area contributed by atoms with Gasteiger partial charge in [0.25, 0.3) is 0 Å². The van der Waals surface area contributed by atoms with E-state index in [1.807, 2.05) is 47.0 Å². The van der Waals surface area contributed by atoms with Crippen molar-refractivity contribution >= 4 is 11.3 Å². The van der Waals surface area contributed by atoms with Crippen molar-refractivity contribution in [1.82, 2.24) is 24.7 Å². The lowest BCUT2D eigenvalue weighted by Crippen LogP contribution is -2.31. The van der Waals surface area contributed by atoms with Gasteiger partial charge in [-0.3, -0.25) is 19.7 Å². The van der Waals surface area contributed by atoms with Crippen LogP contribution in [-0.2, 0) is 4.74 Å². The molecule has 1 aromatic carbocycles. The second-order valence-electron chi connectivity index (χ2n) is 6.67. The molecule has 0 aliphatic rings. The Morgan fingerprint density at radius 2 is 1.87 bits per heavy atom. The molecule has 0 aliphatic heterocycles. The lowest BCUT2D eigenvalue weighted by atomic mass is 10.1. The fraction of sp³-hybridized carbons (Fsp3) is 0.190. The lowest BCUT2D eigenvalue weighted by Gasteiger charge is -2.11. The number of anilines is 1. The summed E-state index contributed by atoms with van der Waals surface area (Å²) >= 11 is 0. The first kappa shape index (κ1) is 20.8. The summed E-state index contributed by atoms with van der Waals surface area (Å²) in [5.74, 6) is 0. The second kappa shape index (κ2) is 9.11. The van der Waals surface area contributed by atoms with Crippen LogP contribution in [0, 0.1) is 0 Å². The number of hydrogen-bond acceptors (Lipinski definition) is 6. The predicted octanol–water partition coefficient (Wildman–Crippen LogP) is 3.95. The van der Waals surface area contributed by atoms with Gasteiger partial charge in [-0.05, 0) is 24.3 Å². The number of nitrogens with one attached hydrogen (secondary N) is 2. The van der Waals surface area contributed by atoms with Crippen molar-refractivity contribution in [1.29, 1.82) is 0 Å². The third-order valence-electron chi connectivity index (χ3n) is 4.44. The Morgan fingerprint density at radius 3 is 2.68 bits per heavy atom. The molecule has 3 heterocycles. The van der Waals surface area contributed by atoms with E-state index in [0.29, 0.717) is 0 Å². The maximum Gasteiger partial charge on any atom is 0.401 e. The average Bonchev–Trinajstić information content (AvgIpc) is 3.19. The number of ether oxygens (including phenoxy) is 1. The molecule has 0 bridgehead atoms. The highest BCUT2D eigenvalue weighted by molar-refractivity contribution is 5.70. The number of halogens is 3. The molecule has 0 spiro atoms. The fourth-order valence-electron chi connectivity index (χ4n) is 3.04. The van der Waals surface area contributed by atoms with Gasteiger partial charge in [0.1, 0.15) is 12.4 Å². The van der Waals surface area contributed by atoms with Crippen LogP contribution >= 0.6 is 0 Å². The van der Waals surface area contributed by atoms with E-state index in [4.69, 9.17) is 4.74 Å². The van der Waals surface area contributed by atoms with Gasteiger partial charge >= 0.3 is 6.18 Å². The molecular formula is C21H19F3N6O. The van der Waals surface area contributed by atoms with Gasteiger partial charge < -0.3 is 10.1 Å². The first-order chi connectivity index (χ1) is 15.0. The second-order valence-corrected chi connectivity index (χ2v) is 6.67. The Labute approximate surface area is 175 Å². The van der Waals surface area contributed by atoms with Crippen molar-refractivity contribution in [2.24, 2.45) is 0 Å². The molecule has 31 heavy (non-hydrogen) atoms. The molecule has 0 saturated carbocycles. The van der Waals surface area contributed by atoms with Crippen LogP contribution in [0.3, 0.4) is 0 Å². The van der Waals surface area contributed by atoms with E-state index in [-0.39, 0.29) is 13.5 Å². The molecule has 0 saturated heterocycles. The maximum absolute atomic E-state index is 12.1. The van der Waals surface area contributed by atoms with Crippen LogP contribution in [0.4, 0.5) is 18.9 Å². The van der Waals surface area contributed by atoms with Gasteiger partial charge in [0.2, 0.25) is 0 Å². The molecule has 0 atom stereocenters. The predicted molar refractivity (Wildman–Crippen MR) is 110 cm³/mol. The molecule has 3 aromatic heterocycles. The number of fused-ring (bicyclic) bond motifs is 1. The van der Waals surface area contributed by atoms with Crippen LogP contribution in [0.2, 0.25) is 0 Å². The molecule has 10 heteroatoms. The summed E-state index contributed by atoms with van der Waals surface area (Å²) in [5, 5.41) is 5.21. The van der Waals surface area contributed by atoms with E-state index in [9.17, 15) is 13.2 Å². The number of benzene rings is 1. The minimum Gasteiger partial charge on any atom is -0.363 e. The normalized spacial score (nSPS) is 11.7. The van der Waals surface area contributed by atoms with Crippen molar-refractivity contribution < 1.29 is 17.9 Å². The van der Waals surface area contributed by atoms with Gasteiger partial charge in [-0.2, -0.15) is 13.2 Å². The number of hydrogen-bond donors (Lipinski definition) is 2. The molecule has 0 fully saturated rings. The quantitative estimate of drug-likeness (QED) is 0.327. The number of aromatic nitrogens is 4. The van der Waals surface area contributed by atoms with E-state index in [1.54, 1.807) is 24.8 Å². The van der Waals surface area contributed by atoms with E-state index >= 15 is 0 Å². The Bertz CT molecular complexity index is 1150. The molecule has 4 aromatic rings. The minimum absolute atomic E-state index is 0.0724. The molecule has 0 unspecified atom stereocenters. The lowest BCUT2D eigenvalue weighted by molar-refractivity contribution is -0.128. The first-order valence-electron chi connectivity index (χ1n) is 9.43. The topological polar surface area (TPSA) is 76.4 Å². The summed E-state index contributed by atoms with van der Waals surface area (Å²) in [6.45, 7) is -1.22. The summed E-state index contributed by atoms with van der Waals surface area (Å²) in [6, 6.07) is 11.5. The van der Waals surface area contributed by atoms with Crippen molar-refractivity contribution in [3.05, 3.63) is 67.4 Å². The smallest absolute Gasteiger partial charge is 0.363 e. The van der Waals surface area contributed by atoms with Crippen LogP contribution in [0.1, 0.15) is 0 Å². The number of nitrogens with zero attached hydrogens (tertiary/aromatic N) is 4. The molecule has 160 valence electrons. The Kier molecular flexibility index (Phi) is 6.10. The SMILES string of the molecule is FC(F)(F)CNCOCNc1cccc(-c2cnc3cc(-c4cnccn4)ccn23)c1. The van der Waals surface area contributed by atoms with Crippen molar-refractivity contribution in [2.75, 3.05) is 25.3 Å². The van der Waals surface area contributed by atoms with E-state index in [1.165, 1.54) is 0 Å². The summed E-state index contributed by atoms with van der Waals surface area (Å²) < 4.78 is 43.4. The summed E-state index contributed by atoms with van der Waals surface area (Å²) in [6.07, 6.45) is 4.43. The summed E-state index contributed by atoms with van der Waals surface area (Å²) in [7, 11) is 0. The monoisotopic (exact) mass is 428 g/mol. The molecule has 7 nitrogen and oxygen atoms in total. The van der Waals surface area contributed by atoms with Crippen LogP contribution in [0.5, 0.6) is 0 Å². The largest absolute Gasteiger partial charge is 0.401 e. The summed E-state index contributed by atoms with van der Waals surface area (Å²) in [4.78, 5) is 12.9. The van der Waals surface area contributed by atoms with Crippen LogP contribution in [0.15, 0.2) is 67.4 Å². The fourth-order valence-corrected chi connectivity index (χ4v) is 3.04. The number of rotatable bonds is 8. The van der Waals surface area contributed by atoms with Gasteiger partial charge in [0, 0.05) is 35.4 Å². The highest BCUT2D eigenvalue weighted by atomic mass is 19.4. The molecule has 0 aliphatic carbocycles. The number of imidazole rings is 1. The van der Waals surface area contributed by atoms with Crippen LogP contribution in [-0.4, -0.2) is 45.5 Å². The third-order valence-corrected chi connectivity index (χ3v) is 4.44. The van der Waals surface area contributed by atoms with Gasteiger partial charge in [-0.15, -0.1) is 0 Å². The molecule has 0 radical (unpaired) electrons. The number of alkyl halides is 3. The molecular weight excluding hydrogens is 409 g/mol. The van der Waals surface area contributed by atoms with Crippen LogP contribution in [0.25, 0.3) is 28.2 Å². The zero-order valence-electron chi connectivity index (χ0n) is 16.3. The van der Waals surface area contributed by atoms with E-state index < -0.39 is 12.7 Å². The maximum atomic E-state index is 12.1. The molecule has 2 N–H and O–H groups in total. The number of pyridine rings is 1. The van der Waals surface area contributed by atoms with Crippen molar-refractivity contribution in [3.8, 4) is 22.5 Å². The zero-order valence-corrected chi connectivity index (χ0v) is 16.3. The van der Waals surface area contributed by atoms with E-state index in [0.717, 1.165) is 33.8 Å². The van der Waals surface area contributed by atoms with Crippen molar-refractivity contribution in [3.63, 3.8) is 0 Å². The Morgan fingerprint density at radius 1 is 0.968 bits per heavy atom. The Balaban J connectivity index is 1.43. The highest BCUT2D eigenvalue weighted by Crippen LogP contribution is 2.26. The minimum atomic E-state index is -4.26. The van der Waals surface area contributed by atoms with E-state index in [2.05, 4.69) is 25.6 Å². The standard InChI is InChI=1S/C21H19F3N6O/c22-21(23,24)12-26-13-31-14-29-17-3-1-2-16(8-17)19-11-28-20-9-15(4-7-30(19)20)18-10-25-5-6-27-18/h1-11,26,29H,12-14H2. The average molecular weight is 428 g/mol. The van der Waals surface area contributed by atoms with Crippen LogP contribution < -0.4 is 10.6 Å². The van der Waals surface area contributed by atoms with Gasteiger partial charge in [-0.1, -0.05) is 12.1 Å². The Hall–Kier alpha value is -3.50. The third kappa shape index (κ3) is 5.36. The first-order valence-corrected chi connectivity index (χ1v) is 9.43. The molecule has 4 rings (SSSR count).